The Morgan fingerprint density at radius 3 is 1.40 bits per heavy atom. The van der Waals surface area contributed by atoms with Gasteiger partial charge in [-0.2, -0.15) is 0 Å². The van der Waals surface area contributed by atoms with Crippen molar-refractivity contribution >= 4 is 135 Å². The highest BCUT2D eigenvalue weighted by Gasteiger charge is 2.49. The Kier molecular flexibility index (Phi) is 8.45. The first-order valence-electron chi connectivity index (χ1n) is 18.0. The number of thioether (sulfide) groups is 2. The van der Waals surface area contributed by atoms with Gasteiger partial charge < -0.3 is 9.47 Å². The van der Waals surface area contributed by atoms with E-state index in [0.29, 0.717) is 31.5 Å². The SMILES string of the molecule is CCN1C(=O)/C(=C/c2cc3c(s2)-c2sc4c5c(sc4c2OC32CCCCC2)-c2sc(/C=C3\SC(=S)N(CC)C3=O)cc2C2(CCCCC2)O5)SC1=S. The van der Waals surface area contributed by atoms with Crippen molar-refractivity contribution in [2.24, 2.45) is 0 Å². The van der Waals surface area contributed by atoms with Crippen molar-refractivity contribution in [3.8, 4) is 31.0 Å². The second kappa shape index (κ2) is 12.8. The Bertz CT molecular complexity index is 2150. The summed E-state index contributed by atoms with van der Waals surface area (Å²) in [7, 11) is 0. The molecule has 2 amide bonds. The van der Waals surface area contributed by atoms with Crippen LogP contribution in [0.15, 0.2) is 21.9 Å². The van der Waals surface area contributed by atoms with Gasteiger partial charge in [-0.1, -0.05) is 60.8 Å². The number of thiocarbonyl (C=S) groups is 2. The number of carbonyl (C=O) groups is 2. The van der Waals surface area contributed by atoms with Gasteiger partial charge in [0, 0.05) is 34.0 Å². The minimum Gasteiger partial charge on any atom is -0.479 e. The van der Waals surface area contributed by atoms with Gasteiger partial charge in [0.2, 0.25) is 0 Å². The molecule has 0 atom stereocenters. The van der Waals surface area contributed by atoms with E-state index in [0.717, 1.165) is 72.6 Å². The summed E-state index contributed by atoms with van der Waals surface area (Å²) in [5, 5.41) is 0. The van der Waals surface area contributed by atoms with E-state index in [2.05, 4.69) is 12.1 Å². The number of ether oxygens (including phenoxy) is 2. The zero-order valence-corrected chi connectivity index (χ0v) is 35.1. The normalized spacial score (nSPS) is 23.2. The van der Waals surface area contributed by atoms with Crippen molar-refractivity contribution in [2.75, 3.05) is 13.1 Å². The van der Waals surface area contributed by atoms with Crippen molar-refractivity contribution in [2.45, 2.75) is 89.3 Å². The van der Waals surface area contributed by atoms with Crippen LogP contribution in [0.1, 0.15) is 98.9 Å². The molecule has 4 aromatic heterocycles. The molecule has 0 radical (unpaired) electrons. The summed E-state index contributed by atoms with van der Waals surface area (Å²) in [4.78, 5) is 38.1. The summed E-state index contributed by atoms with van der Waals surface area (Å²) < 4.78 is 18.3. The third-order valence-electron chi connectivity index (χ3n) is 11.2. The molecule has 2 saturated carbocycles. The first kappa shape index (κ1) is 34.5. The molecule has 8 heterocycles. The number of likely N-dealkylation sites (N-methyl/N-ethyl adjacent to an activating group) is 2. The number of hydrogen-bond donors (Lipinski definition) is 0. The van der Waals surface area contributed by atoms with Crippen LogP contribution in [0.5, 0.6) is 11.5 Å². The molecule has 6 aliphatic rings. The first-order valence-corrected chi connectivity index (χ1v) is 23.7. The van der Waals surface area contributed by atoms with Crippen LogP contribution in [0.2, 0.25) is 0 Å². The fraction of sp³-hybridized carbons (Fsp3) is 0.421. The summed E-state index contributed by atoms with van der Waals surface area (Å²) in [6.07, 6.45) is 15.0. The molecule has 0 N–H and O–H groups in total. The smallest absolute Gasteiger partial charge is 0.266 e. The fourth-order valence-corrected chi connectivity index (χ4v) is 16.8. The van der Waals surface area contributed by atoms with E-state index in [1.165, 1.54) is 76.4 Å². The van der Waals surface area contributed by atoms with E-state index in [-0.39, 0.29) is 23.0 Å². The van der Waals surface area contributed by atoms with Crippen LogP contribution < -0.4 is 9.47 Å². The molecule has 4 fully saturated rings. The second-order valence-electron chi connectivity index (χ2n) is 14.1. The van der Waals surface area contributed by atoms with E-state index in [1.807, 2.05) is 26.0 Å². The predicted octanol–water partition coefficient (Wildman–Crippen LogP) is 12.0. The molecule has 268 valence electrons. The summed E-state index contributed by atoms with van der Waals surface area (Å²) in [5.41, 5.74) is 1.80. The molecule has 10 rings (SSSR count). The molecule has 2 saturated heterocycles. The van der Waals surface area contributed by atoms with Crippen LogP contribution in [-0.4, -0.2) is 43.3 Å². The van der Waals surface area contributed by atoms with Crippen LogP contribution >= 0.6 is 93.3 Å². The van der Waals surface area contributed by atoms with Gasteiger partial charge in [-0.25, -0.2) is 0 Å². The number of carbonyl (C=O) groups excluding carboxylic acids is 2. The second-order valence-corrected chi connectivity index (χ2v) is 21.7. The topological polar surface area (TPSA) is 59.1 Å². The van der Waals surface area contributed by atoms with Crippen molar-refractivity contribution < 1.29 is 19.1 Å². The molecule has 14 heteroatoms. The minimum atomic E-state index is -0.374. The van der Waals surface area contributed by atoms with Gasteiger partial charge >= 0.3 is 0 Å². The molecular weight excluding hydrogens is 805 g/mol. The molecular formula is C38H34N2O4S8. The Hall–Kier alpha value is -2.04. The third kappa shape index (κ3) is 5.10. The van der Waals surface area contributed by atoms with Crippen molar-refractivity contribution in [3.05, 3.63) is 42.8 Å². The summed E-state index contributed by atoms with van der Waals surface area (Å²) in [6.45, 7) is 5.10. The standard InChI is InChI=1S/C38H34N2O4S8/c1-3-39-33(41)23(49-35(39)45)17-19-15-21-27(47-19)29-25(43-37(21)11-7-5-8-12-37)31-32(51-29)26-30(52-31)28-22(38(44-26)13-9-6-10-14-38)16-20(48-28)18-24-34(42)40(4-2)36(46)50-24/h15-18H,3-14H2,1-2H3/b23-17-,24-18-. The summed E-state index contributed by atoms with van der Waals surface area (Å²) in [6, 6.07) is 4.58. The van der Waals surface area contributed by atoms with Gasteiger partial charge in [-0.15, -0.1) is 45.3 Å². The maximum absolute atomic E-state index is 13.2. The zero-order valence-electron chi connectivity index (χ0n) is 28.6. The first-order chi connectivity index (χ1) is 25.2. The third-order valence-corrected chi connectivity index (χ3v) is 18.9. The lowest BCUT2D eigenvalue weighted by Gasteiger charge is -2.41. The molecule has 4 aromatic rings. The van der Waals surface area contributed by atoms with Crippen LogP contribution in [0, 0.1) is 0 Å². The monoisotopic (exact) mass is 838 g/mol. The maximum Gasteiger partial charge on any atom is 0.266 e. The lowest BCUT2D eigenvalue weighted by Crippen LogP contribution is -2.37. The zero-order chi connectivity index (χ0) is 35.5. The molecule has 0 bridgehead atoms. The highest BCUT2D eigenvalue weighted by Crippen LogP contribution is 2.66. The lowest BCUT2D eigenvalue weighted by atomic mass is 9.78. The quantitative estimate of drug-likeness (QED) is 0.149. The highest BCUT2D eigenvalue weighted by molar-refractivity contribution is 8.27. The van der Waals surface area contributed by atoms with Gasteiger partial charge in [0.1, 0.15) is 19.8 Å². The van der Waals surface area contributed by atoms with Crippen LogP contribution in [0.4, 0.5) is 0 Å². The Balaban J connectivity index is 1.11. The molecule has 6 nitrogen and oxygen atoms in total. The van der Waals surface area contributed by atoms with E-state index in [9.17, 15) is 9.59 Å². The van der Waals surface area contributed by atoms with E-state index in [4.69, 9.17) is 33.9 Å². The van der Waals surface area contributed by atoms with Gasteiger partial charge in [0.15, 0.2) is 11.5 Å². The van der Waals surface area contributed by atoms with Crippen molar-refractivity contribution in [1.29, 1.82) is 0 Å². The molecule has 2 aliphatic carbocycles. The van der Waals surface area contributed by atoms with Gasteiger partial charge in [-0.3, -0.25) is 19.4 Å². The highest BCUT2D eigenvalue weighted by atomic mass is 32.2. The molecule has 0 unspecified atom stereocenters. The maximum atomic E-state index is 13.2. The van der Waals surface area contributed by atoms with Crippen LogP contribution in [0.3, 0.4) is 0 Å². The lowest BCUT2D eigenvalue weighted by molar-refractivity contribution is -0.122. The Morgan fingerprint density at radius 2 is 1.04 bits per heavy atom. The number of nitrogens with zero attached hydrogens (tertiary/aromatic N) is 2. The van der Waals surface area contributed by atoms with Gasteiger partial charge in [0.25, 0.3) is 11.8 Å². The van der Waals surface area contributed by atoms with E-state index < -0.39 is 0 Å². The number of fused-ring (bicyclic) bond motifs is 11. The predicted molar refractivity (Wildman–Crippen MR) is 228 cm³/mol. The fourth-order valence-electron chi connectivity index (χ4n) is 8.65. The molecule has 4 aliphatic heterocycles. The van der Waals surface area contributed by atoms with E-state index in [1.54, 1.807) is 55.1 Å². The van der Waals surface area contributed by atoms with Gasteiger partial charge in [-0.05, 0) is 89.5 Å². The summed E-state index contributed by atoms with van der Waals surface area (Å²) in [5.74, 6) is 2.00. The van der Waals surface area contributed by atoms with Crippen molar-refractivity contribution in [3.63, 3.8) is 0 Å². The largest absolute Gasteiger partial charge is 0.479 e. The average molecular weight is 839 g/mol. The molecule has 52 heavy (non-hydrogen) atoms. The number of thiophene rings is 4. The number of hydrogen-bond acceptors (Lipinski definition) is 12. The Labute approximate surface area is 337 Å². The summed E-state index contributed by atoms with van der Waals surface area (Å²) >= 11 is 21.0. The Morgan fingerprint density at radius 1 is 0.635 bits per heavy atom. The number of amides is 2. The van der Waals surface area contributed by atoms with Gasteiger partial charge in [0.05, 0.1) is 38.7 Å². The molecule has 2 spiro atoms. The minimum absolute atomic E-state index is 0.00228. The molecule has 0 aromatic carbocycles. The van der Waals surface area contributed by atoms with Crippen LogP contribution in [0.25, 0.3) is 41.1 Å². The van der Waals surface area contributed by atoms with Crippen LogP contribution in [-0.2, 0) is 20.8 Å². The van der Waals surface area contributed by atoms with E-state index >= 15 is 0 Å². The van der Waals surface area contributed by atoms with Crippen molar-refractivity contribution in [1.82, 2.24) is 9.80 Å². The average Bonchev–Trinajstić information content (AvgIpc) is 3.98. The number of rotatable bonds is 4.